The molecule has 0 saturated carbocycles. The van der Waals surface area contributed by atoms with Gasteiger partial charge in [-0.05, 0) is 54.1 Å². The van der Waals surface area contributed by atoms with Crippen LogP contribution in [-0.4, -0.2) is 33.4 Å². The molecule has 0 radical (unpaired) electrons. The number of carbonyl (C=O) groups excluding carboxylic acids is 1. The summed E-state index contributed by atoms with van der Waals surface area (Å²) in [7, 11) is -3.29. The van der Waals surface area contributed by atoms with Crippen molar-refractivity contribution in [2.75, 3.05) is 23.4 Å². The van der Waals surface area contributed by atoms with Crippen molar-refractivity contribution in [3.05, 3.63) is 59.2 Å². The summed E-state index contributed by atoms with van der Waals surface area (Å²) < 4.78 is 30.2. The van der Waals surface area contributed by atoms with E-state index in [2.05, 4.69) is 0 Å². The normalized spacial score (nSPS) is 13.6. The lowest BCUT2D eigenvalue weighted by Gasteiger charge is -2.16. The van der Waals surface area contributed by atoms with Crippen LogP contribution in [0.3, 0.4) is 0 Å². The van der Waals surface area contributed by atoms with Crippen molar-refractivity contribution in [2.24, 2.45) is 0 Å². The molecule has 0 bridgehead atoms. The Labute approximate surface area is 152 Å². The average Bonchev–Trinajstić information content (AvgIpc) is 3.03. The van der Waals surface area contributed by atoms with Gasteiger partial charge in [0.15, 0.2) is 0 Å². The molecule has 25 heavy (non-hydrogen) atoms. The van der Waals surface area contributed by atoms with Crippen molar-refractivity contribution in [3.63, 3.8) is 0 Å². The van der Waals surface area contributed by atoms with Crippen LogP contribution in [0.1, 0.15) is 21.5 Å². The molecule has 1 heterocycles. The summed E-state index contributed by atoms with van der Waals surface area (Å²) >= 11 is 1.66. The Kier molecular flexibility index (Phi) is 5.06. The van der Waals surface area contributed by atoms with Crippen LogP contribution in [0.15, 0.2) is 47.4 Å². The maximum absolute atomic E-state index is 12.3. The van der Waals surface area contributed by atoms with Crippen molar-refractivity contribution >= 4 is 33.4 Å². The Hall–Kier alpha value is -1.99. The highest BCUT2D eigenvalue weighted by atomic mass is 32.2. The lowest BCUT2D eigenvalue weighted by atomic mass is 10.1. The smallest absolute Gasteiger partial charge is 0.338 e. The first kappa shape index (κ1) is 17.8. The number of fused-ring (bicyclic) bond motifs is 1. The lowest BCUT2D eigenvalue weighted by molar-refractivity contribution is 0.0472. The molecule has 2 aromatic carbocycles. The number of benzene rings is 2. The molecular formula is C18H19NO4S2. The third-order valence-electron chi connectivity index (χ3n) is 4.10. The average molecular weight is 377 g/mol. The van der Waals surface area contributed by atoms with Crippen molar-refractivity contribution in [1.82, 2.24) is 0 Å². The zero-order chi connectivity index (χ0) is 18.0. The summed E-state index contributed by atoms with van der Waals surface area (Å²) in [4.78, 5) is 13.4. The number of rotatable bonds is 5. The van der Waals surface area contributed by atoms with Crippen molar-refractivity contribution in [3.8, 4) is 0 Å². The van der Waals surface area contributed by atoms with E-state index in [4.69, 9.17) is 4.74 Å². The fourth-order valence-corrected chi connectivity index (χ4v) is 4.16. The van der Waals surface area contributed by atoms with E-state index in [0.717, 1.165) is 16.0 Å². The van der Waals surface area contributed by atoms with Crippen LogP contribution in [0.4, 0.5) is 5.69 Å². The van der Waals surface area contributed by atoms with E-state index in [1.165, 1.54) is 10.6 Å². The Bertz CT molecular complexity index is 892. The summed E-state index contributed by atoms with van der Waals surface area (Å²) in [6.07, 6.45) is 3.79. The second kappa shape index (κ2) is 7.09. The second-order valence-corrected chi connectivity index (χ2v) is 8.64. The van der Waals surface area contributed by atoms with Gasteiger partial charge in [-0.3, -0.25) is 4.31 Å². The Morgan fingerprint density at radius 1 is 1.20 bits per heavy atom. The highest BCUT2D eigenvalue weighted by molar-refractivity contribution is 7.98. The zero-order valence-corrected chi connectivity index (χ0v) is 15.7. The predicted octanol–water partition coefficient (Wildman–Crippen LogP) is 3.09. The van der Waals surface area contributed by atoms with E-state index in [1.807, 2.05) is 30.5 Å². The number of carbonyl (C=O) groups is 1. The first-order valence-corrected chi connectivity index (χ1v) is 10.9. The van der Waals surface area contributed by atoms with Crippen molar-refractivity contribution in [1.29, 1.82) is 0 Å². The van der Waals surface area contributed by atoms with E-state index in [9.17, 15) is 13.2 Å². The Morgan fingerprint density at radius 2 is 1.92 bits per heavy atom. The van der Waals surface area contributed by atoms with Gasteiger partial charge in [-0.2, -0.15) is 0 Å². The van der Waals surface area contributed by atoms with Crippen LogP contribution in [0.5, 0.6) is 0 Å². The summed E-state index contributed by atoms with van der Waals surface area (Å²) in [5.74, 6) is -0.408. The van der Waals surface area contributed by atoms with Crippen molar-refractivity contribution < 1.29 is 17.9 Å². The van der Waals surface area contributed by atoms with Crippen LogP contribution in [-0.2, 0) is 27.8 Å². The third kappa shape index (κ3) is 3.99. The summed E-state index contributed by atoms with van der Waals surface area (Å²) in [5, 5.41) is 0. The Morgan fingerprint density at radius 3 is 2.56 bits per heavy atom. The molecule has 1 aliphatic heterocycles. The number of sulfonamides is 1. The van der Waals surface area contributed by atoms with Gasteiger partial charge in [-0.1, -0.05) is 12.1 Å². The summed E-state index contributed by atoms with van der Waals surface area (Å²) in [5.41, 5.74) is 2.86. The van der Waals surface area contributed by atoms with E-state index in [1.54, 1.807) is 30.0 Å². The first-order chi connectivity index (χ1) is 11.9. The van der Waals surface area contributed by atoms with Crippen molar-refractivity contribution in [2.45, 2.75) is 17.9 Å². The van der Waals surface area contributed by atoms with Crippen LogP contribution in [0, 0.1) is 0 Å². The van der Waals surface area contributed by atoms with Crippen LogP contribution in [0.25, 0.3) is 0 Å². The number of nitrogens with zero attached hydrogens (tertiary/aromatic N) is 1. The predicted molar refractivity (Wildman–Crippen MR) is 99.7 cm³/mol. The molecule has 2 aromatic rings. The summed E-state index contributed by atoms with van der Waals surface area (Å²) in [6, 6.07) is 12.9. The lowest BCUT2D eigenvalue weighted by Crippen LogP contribution is -2.27. The maximum atomic E-state index is 12.3. The third-order valence-corrected chi connectivity index (χ3v) is 6.02. The molecule has 7 heteroatoms. The molecule has 0 aromatic heterocycles. The number of ether oxygens (including phenoxy) is 1. The monoisotopic (exact) mass is 377 g/mol. The SMILES string of the molecule is CSc1ccc(COC(=O)c2ccc3c(c2)CCN3S(C)(=O)=O)cc1. The number of hydrogen-bond donors (Lipinski definition) is 0. The van der Waals surface area contributed by atoms with E-state index in [0.29, 0.717) is 24.2 Å². The molecule has 0 saturated heterocycles. The Balaban J connectivity index is 1.69. The molecule has 0 atom stereocenters. The van der Waals surface area contributed by atoms with Gasteiger partial charge in [0.25, 0.3) is 0 Å². The van der Waals surface area contributed by atoms with Gasteiger partial charge in [0.2, 0.25) is 10.0 Å². The first-order valence-electron chi connectivity index (χ1n) is 7.79. The van der Waals surface area contributed by atoms with Gasteiger partial charge in [-0.15, -0.1) is 11.8 Å². The van der Waals surface area contributed by atoms with Gasteiger partial charge >= 0.3 is 5.97 Å². The minimum absolute atomic E-state index is 0.208. The molecule has 0 aliphatic carbocycles. The maximum Gasteiger partial charge on any atom is 0.338 e. The van der Waals surface area contributed by atoms with E-state index >= 15 is 0 Å². The highest BCUT2D eigenvalue weighted by Crippen LogP contribution is 2.31. The second-order valence-electron chi connectivity index (χ2n) is 5.85. The molecular weight excluding hydrogens is 358 g/mol. The van der Waals surface area contributed by atoms with Gasteiger partial charge in [0, 0.05) is 11.4 Å². The van der Waals surface area contributed by atoms with Crippen LogP contribution < -0.4 is 4.31 Å². The van der Waals surface area contributed by atoms with Crippen LogP contribution >= 0.6 is 11.8 Å². The van der Waals surface area contributed by atoms with Gasteiger partial charge in [0.1, 0.15) is 6.61 Å². The number of esters is 1. The topological polar surface area (TPSA) is 63.7 Å². The molecule has 3 rings (SSSR count). The molecule has 0 spiro atoms. The molecule has 0 unspecified atom stereocenters. The molecule has 0 amide bonds. The number of thioether (sulfide) groups is 1. The molecule has 5 nitrogen and oxygen atoms in total. The van der Waals surface area contributed by atoms with E-state index < -0.39 is 16.0 Å². The molecule has 0 fully saturated rings. The number of hydrogen-bond acceptors (Lipinski definition) is 5. The van der Waals surface area contributed by atoms with Gasteiger partial charge < -0.3 is 4.74 Å². The molecule has 132 valence electrons. The molecule has 1 aliphatic rings. The quantitative estimate of drug-likeness (QED) is 0.592. The van der Waals surface area contributed by atoms with Gasteiger partial charge in [0.05, 0.1) is 17.5 Å². The fraction of sp³-hybridized carbons (Fsp3) is 0.278. The highest BCUT2D eigenvalue weighted by Gasteiger charge is 2.26. The zero-order valence-electron chi connectivity index (χ0n) is 14.1. The minimum Gasteiger partial charge on any atom is -0.457 e. The number of anilines is 1. The standard InChI is InChI=1S/C18H19NO4S2/c1-24-16-6-3-13(4-7-16)12-23-18(20)15-5-8-17-14(11-15)9-10-19(17)25(2,21)22/h3-8,11H,9-10,12H2,1-2H3. The van der Waals surface area contributed by atoms with E-state index in [-0.39, 0.29) is 6.61 Å². The molecule has 0 N–H and O–H groups in total. The minimum atomic E-state index is -3.29. The van der Waals surface area contributed by atoms with Crippen LogP contribution in [0.2, 0.25) is 0 Å². The fourth-order valence-electron chi connectivity index (χ4n) is 2.80. The summed E-state index contributed by atoms with van der Waals surface area (Å²) in [6.45, 7) is 0.620. The van der Waals surface area contributed by atoms with Gasteiger partial charge in [-0.25, -0.2) is 13.2 Å². The largest absolute Gasteiger partial charge is 0.457 e.